The summed E-state index contributed by atoms with van der Waals surface area (Å²) in [6.07, 6.45) is 2.58. The van der Waals surface area contributed by atoms with Gasteiger partial charge < -0.3 is 0 Å². The molecule has 2 nitrogen and oxygen atoms in total. The van der Waals surface area contributed by atoms with Crippen molar-refractivity contribution in [3.63, 3.8) is 0 Å². The van der Waals surface area contributed by atoms with Crippen molar-refractivity contribution in [2.75, 3.05) is 5.88 Å². The van der Waals surface area contributed by atoms with Crippen LogP contribution in [0.3, 0.4) is 0 Å². The molecule has 0 aliphatic rings. The van der Waals surface area contributed by atoms with E-state index in [-0.39, 0.29) is 0 Å². The van der Waals surface area contributed by atoms with E-state index in [1.54, 1.807) is 0 Å². The lowest BCUT2D eigenvalue weighted by atomic mass is 10.1. The number of aryl methyl sites for hydroxylation is 1. The van der Waals surface area contributed by atoms with Gasteiger partial charge in [-0.3, -0.25) is 4.68 Å². The number of hydrogen-bond donors (Lipinski definition) is 0. The lowest BCUT2D eigenvalue weighted by Gasteiger charge is -1.94. The normalized spacial score (nSPS) is 10.0. The van der Waals surface area contributed by atoms with Crippen LogP contribution in [0.25, 0.3) is 10.9 Å². The topological polar surface area (TPSA) is 17.8 Å². The first-order valence-electron chi connectivity index (χ1n) is 4.78. The highest BCUT2D eigenvalue weighted by Crippen LogP contribution is 2.13. The van der Waals surface area contributed by atoms with Crippen LogP contribution in [0.4, 0.5) is 0 Å². The third kappa shape index (κ3) is 2.14. The molecule has 0 saturated heterocycles. The van der Waals surface area contributed by atoms with Crippen LogP contribution in [0.15, 0.2) is 24.4 Å². The zero-order valence-electron chi connectivity index (χ0n) is 8.50. The maximum Gasteiger partial charge on any atom is 0.0691 e. The van der Waals surface area contributed by atoms with Crippen molar-refractivity contribution in [1.29, 1.82) is 0 Å². The standard InChI is InChI=1S/C12H11ClN2/c1-15-12-8-10(4-2-3-7-13)5-6-11(12)9-14-15/h5-6,8-9H,3,7H2,1H3. The van der Waals surface area contributed by atoms with E-state index < -0.39 is 0 Å². The number of benzene rings is 1. The molecule has 0 saturated carbocycles. The Morgan fingerprint density at radius 3 is 3.13 bits per heavy atom. The highest BCUT2D eigenvalue weighted by molar-refractivity contribution is 6.18. The van der Waals surface area contributed by atoms with Crippen LogP contribution in [-0.4, -0.2) is 15.7 Å². The molecular formula is C12H11ClN2. The Hall–Kier alpha value is -1.46. The van der Waals surface area contributed by atoms with Crippen molar-refractivity contribution in [2.24, 2.45) is 7.05 Å². The molecule has 15 heavy (non-hydrogen) atoms. The van der Waals surface area contributed by atoms with Crippen molar-refractivity contribution in [3.05, 3.63) is 30.0 Å². The summed E-state index contributed by atoms with van der Waals surface area (Å²) < 4.78 is 1.85. The summed E-state index contributed by atoms with van der Waals surface area (Å²) in [7, 11) is 1.93. The van der Waals surface area contributed by atoms with Crippen LogP contribution < -0.4 is 0 Å². The second-order valence-corrected chi connectivity index (χ2v) is 3.66. The average molecular weight is 219 g/mol. The molecule has 0 atom stereocenters. The molecule has 76 valence electrons. The molecule has 2 aromatic rings. The van der Waals surface area contributed by atoms with Crippen molar-refractivity contribution in [2.45, 2.75) is 6.42 Å². The fourth-order valence-corrected chi connectivity index (χ4v) is 1.53. The van der Waals surface area contributed by atoms with Gasteiger partial charge in [0.15, 0.2) is 0 Å². The largest absolute Gasteiger partial charge is 0.268 e. The minimum Gasteiger partial charge on any atom is -0.268 e. The van der Waals surface area contributed by atoms with Gasteiger partial charge in [0.2, 0.25) is 0 Å². The van der Waals surface area contributed by atoms with Gasteiger partial charge in [-0.25, -0.2) is 0 Å². The third-order valence-corrected chi connectivity index (χ3v) is 2.39. The number of aromatic nitrogens is 2. The first kappa shape index (κ1) is 10.1. The van der Waals surface area contributed by atoms with Crippen LogP contribution in [-0.2, 0) is 7.05 Å². The van der Waals surface area contributed by atoms with Crippen LogP contribution in [0.2, 0.25) is 0 Å². The molecule has 3 heteroatoms. The van der Waals surface area contributed by atoms with Crippen molar-refractivity contribution in [1.82, 2.24) is 9.78 Å². The Morgan fingerprint density at radius 1 is 1.47 bits per heavy atom. The Kier molecular flexibility index (Phi) is 2.94. The number of alkyl halides is 1. The van der Waals surface area contributed by atoms with Crippen molar-refractivity contribution >= 4 is 22.5 Å². The Balaban J connectivity index is 2.38. The fraction of sp³-hybridized carbons (Fsp3) is 0.250. The number of fused-ring (bicyclic) bond motifs is 1. The quantitative estimate of drug-likeness (QED) is 0.531. The molecule has 0 fully saturated rings. The van der Waals surface area contributed by atoms with E-state index in [0.29, 0.717) is 5.88 Å². The molecule has 0 spiro atoms. The highest BCUT2D eigenvalue weighted by atomic mass is 35.5. The maximum absolute atomic E-state index is 5.55. The average Bonchev–Trinajstić information content (AvgIpc) is 2.61. The first-order chi connectivity index (χ1) is 7.31. The molecule has 0 amide bonds. The third-order valence-electron chi connectivity index (χ3n) is 2.20. The van der Waals surface area contributed by atoms with Gasteiger partial charge in [0, 0.05) is 30.3 Å². The van der Waals surface area contributed by atoms with E-state index in [9.17, 15) is 0 Å². The van der Waals surface area contributed by atoms with Gasteiger partial charge >= 0.3 is 0 Å². The molecule has 1 aromatic heterocycles. The monoisotopic (exact) mass is 218 g/mol. The minimum absolute atomic E-state index is 0.584. The number of hydrogen-bond acceptors (Lipinski definition) is 1. The van der Waals surface area contributed by atoms with Gasteiger partial charge in [-0.15, -0.1) is 11.6 Å². The van der Waals surface area contributed by atoms with Crippen LogP contribution in [0, 0.1) is 11.8 Å². The van der Waals surface area contributed by atoms with E-state index in [2.05, 4.69) is 16.9 Å². The predicted molar refractivity (Wildman–Crippen MR) is 62.9 cm³/mol. The molecule has 1 aromatic carbocycles. The SMILES string of the molecule is Cn1ncc2ccc(C#CCCCl)cc21. The van der Waals surface area contributed by atoms with E-state index in [4.69, 9.17) is 11.6 Å². The molecule has 2 rings (SSSR count). The van der Waals surface area contributed by atoms with Crippen LogP contribution in [0.1, 0.15) is 12.0 Å². The molecule has 0 N–H and O–H groups in total. The second-order valence-electron chi connectivity index (χ2n) is 3.28. The van der Waals surface area contributed by atoms with Gasteiger partial charge in [-0.2, -0.15) is 5.10 Å². The summed E-state index contributed by atoms with van der Waals surface area (Å²) in [5.41, 5.74) is 2.11. The Labute approximate surface area is 93.8 Å². The van der Waals surface area contributed by atoms with E-state index in [1.807, 2.05) is 36.1 Å². The molecule has 0 aliphatic carbocycles. The summed E-state index contributed by atoms with van der Waals surface area (Å²) in [6, 6.07) is 6.09. The minimum atomic E-state index is 0.584. The predicted octanol–water partition coefficient (Wildman–Crippen LogP) is 2.55. The summed E-state index contributed by atoms with van der Waals surface area (Å²) in [4.78, 5) is 0. The summed E-state index contributed by atoms with van der Waals surface area (Å²) >= 11 is 5.55. The van der Waals surface area contributed by atoms with Gasteiger partial charge in [0.1, 0.15) is 0 Å². The number of halogens is 1. The van der Waals surface area contributed by atoms with E-state index >= 15 is 0 Å². The van der Waals surface area contributed by atoms with Gasteiger partial charge in [-0.05, 0) is 18.2 Å². The molecule has 0 unspecified atom stereocenters. The zero-order valence-corrected chi connectivity index (χ0v) is 9.25. The molecule has 0 aliphatic heterocycles. The maximum atomic E-state index is 5.55. The van der Waals surface area contributed by atoms with Gasteiger partial charge in [0.25, 0.3) is 0 Å². The lowest BCUT2D eigenvalue weighted by Crippen LogP contribution is -1.88. The smallest absolute Gasteiger partial charge is 0.0691 e. The number of rotatable bonds is 1. The van der Waals surface area contributed by atoms with Gasteiger partial charge in [-0.1, -0.05) is 11.8 Å². The molecule has 1 heterocycles. The second kappa shape index (κ2) is 4.37. The molecule has 0 radical (unpaired) electrons. The lowest BCUT2D eigenvalue weighted by molar-refractivity contribution is 0.797. The van der Waals surface area contributed by atoms with Gasteiger partial charge in [0.05, 0.1) is 11.7 Å². The van der Waals surface area contributed by atoms with E-state index in [0.717, 1.165) is 22.9 Å². The summed E-state index contributed by atoms with van der Waals surface area (Å²) in [5.74, 6) is 6.68. The van der Waals surface area contributed by atoms with Crippen molar-refractivity contribution < 1.29 is 0 Å². The zero-order chi connectivity index (χ0) is 10.7. The highest BCUT2D eigenvalue weighted by Gasteiger charge is 1.98. The first-order valence-corrected chi connectivity index (χ1v) is 5.31. The fourth-order valence-electron chi connectivity index (χ4n) is 1.43. The number of nitrogens with zero attached hydrogens (tertiary/aromatic N) is 2. The van der Waals surface area contributed by atoms with E-state index in [1.165, 1.54) is 0 Å². The van der Waals surface area contributed by atoms with Crippen LogP contribution >= 0.6 is 11.6 Å². The Morgan fingerprint density at radius 2 is 2.33 bits per heavy atom. The summed E-state index contributed by atoms with van der Waals surface area (Å²) in [5, 5.41) is 5.32. The van der Waals surface area contributed by atoms with Crippen molar-refractivity contribution in [3.8, 4) is 11.8 Å². The van der Waals surface area contributed by atoms with Crippen LogP contribution in [0.5, 0.6) is 0 Å². The molecule has 0 bridgehead atoms. The Bertz CT molecular complexity index is 531. The molecular weight excluding hydrogens is 208 g/mol. The summed E-state index contributed by atoms with van der Waals surface area (Å²) in [6.45, 7) is 0.